The minimum absolute atomic E-state index is 0.0833. The van der Waals surface area contributed by atoms with Crippen LogP contribution in [0.5, 0.6) is 0 Å². The first kappa shape index (κ1) is 16.2. The number of fused-ring (bicyclic) bond motifs is 1. The number of carbonyl (C=O) groups is 1. The number of aromatic amines is 1. The lowest BCUT2D eigenvalue weighted by Crippen LogP contribution is -2.38. The second-order valence-corrected chi connectivity index (χ2v) is 6.79. The Hall–Kier alpha value is -2.25. The molecule has 0 radical (unpaired) electrons. The van der Waals surface area contributed by atoms with Crippen molar-refractivity contribution >= 4 is 11.6 Å². The first-order valence-corrected chi connectivity index (χ1v) is 8.71. The summed E-state index contributed by atoms with van der Waals surface area (Å²) in [5, 5.41) is 7.11. The van der Waals surface area contributed by atoms with E-state index < -0.39 is 0 Å². The SMILES string of the molecule is Cc1nc([C@H]2CN(Cc3ccc4c(c3)CCC(=O)N4C)CCO2)n[nH]1. The lowest BCUT2D eigenvalue weighted by molar-refractivity contribution is -0.118. The molecule has 4 rings (SSSR count). The lowest BCUT2D eigenvalue weighted by Gasteiger charge is -2.32. The Labute approximate surface area is 147 Å². The highest BCUT2D eigenvalue weighted by molar-refractivity contribution is 5.95. The summed E-state index contributed by atoms with van der Waals surface area (Å²) >= 11 is 0. The van der Waals surface area contributed by atoms with Crippen molar-refractivity contribution in [2.45, 2.75) is 32.4 Å². The second kappa shape index (κ2) is 6.57. The Morgan fingerprint density at radius 1 is 1.36 bits per heavy atom. The Morgan fingerprint density at radius 2 is 2.24 bits per heavy atom. The summed E-state index contributed by atoms with van der Waals surface area (Å²) in [5.74, 6) is 1.73. The molecule has 2 aromatic rings. The fraction of sp³-hybridized carbons (Fsp3) is 0.500. The van der Waals surface area contributed by atoms with Gasteiger partial charge in [0.25, 0.3) is 0 Å². The number of anilines is 1. The molecular formula is C18H23N5O2. The van der Waals surface area contributed by atoms with Gasteiger partial charge in [-0.15, -0.1) is 0 Å². The monoisotopic (exact) mass is 341 g/mol. The van der Waals surface area contributed by atoms with Crippen molar-refractivity contribution in [1.82, 2.24) is 20.1 Å². The second-order valence-electron chi connectivity index (χ2n) is 6.79. The van der Waals surface area contributed by atoms with Crippen LogP contribution in [0, 0.1) is 6.92 Å². The third kappa shape index (κ3) is 3.29. The van der Waals surface area contributed by atoms with E-state index in [0.29, 0.717) is 13.0 Å². The largest absolute Gasteiger partial charge is 0.367 e. The molecule has 1 saturated heterocycles. The maximum absolute atomic E-state index is 11.8. The third-order valence-corrected chi connectivity index (χ3v) is 4.95. The molecule has 0 aliphatic carbocycles. The number of hydrogen-bond donors (Lipinski definition) is 1. The van der Waals surface area contributed by atoms with Crippen molar-refractivity contribution in [3.63, 3.8) is 0 Å². The zero-order valence-electron chi connectivity index (χ0n) is 14.7. The molecule has 25 heavy (non-hydrogen) atoms. The molecule has 0 spiro atoms. The highest BCUT2D eigenvalue weighted by Gasteiger charge is 2.26. The van der Waals surface area contributed by atoms with Gasteiger partial charge in [-0.05, 0) is 30.5 Å². The molecule has 1 aromatic carbocycles. The normalized spacial score (nSPS) is 21.4. The number of nitrogens with zero attached hydrogens (tertiary/aromatic N) is 4. The number of morpholine rings is 1. The van der Waals surface area contributed by atoms with Crippen molar-refractivity contribution in [3.8, 4) is 0 Å². The predicted molar refractivity (Wildman–Crippen MR) is 93.3 cm³/mol. The number of rotatable bonds is 3. The van der Waals surface area contributed by atoms with Gasteiger partial charge in [0, 0.05) is 38.8 Å². The molecule has 1 fully saturated rings. The van der Waals surface area contributed by atoms with Crippen LogP contribution in [0.1, 0.15) is 35.3 Å². The standard InChI is InChI=1S/C18H23N5O2/c1-12-19-18(21-20-12)16-11-23(7-8-25-16)10-13-3-5-15-14(9-13)4-6-17(24)22(15)2/h3,5,9,16H,4,6-8,10-11H2,1-2H3,(H,19,20,21)/t16-/m1/s1. The maximum Gasteiger partial charge on any atom is 0.227 e. The molecule has 7 heteroatoms. The Kier molecular flexibility index (Phi) is 4.27. The third-order valence-electron chi connectivity index (χ3n) is 4.95. The number of amides is 1. The minimum atomic E-state index is -0.0833. The molecule has 0 saturated carbocycles. The van der Waals surface area contributed by atoms with Crippen molar-refractivity contribution in [2.24, 2.45) is 0 Å². The van der Waals surface area contributed by atoms with Crippen molar-refractivity contribution in [1.29, 1.82) is 0 Å². The maximum atomic E-state index is 11.8. The smallest absolute Gasteiger partial charge is 0.227 e. The van der Waals surface area contributed by atoms with Crippen LogP contribution in [0.25, 0.3) is 0 Å². The fourth-order valence-electron chi connectivity index (χ4n) is 3.57. The summed E-state index contributed by atoms with van der Waals surface area (Å²) in [5.41, 5.74) is 3.57. The van der Waals surface area contributed by atoms with E-state index in [1.165, 1.54) is 11.1 Å². The number of benzene rings is 1. The number of aromatic nitrogens is 3. The van der Waals surface area contributed by atoms with Crippen LogP contribution in [0.15, 0.2) is 18.2 Å². The number of hydrogen-bond acceptors (Lipinski definition) is 5. The zero-order chi connectivity index (χ0) is 17.4. The van der Waals surface area contributed by atoms with Crippen LogP contribution in [-0.2, 0) is 22.5 Å². The van der Waals surface area contributed by atoms with Crippen molar-refractivity contribution in [2.75, 3.05) is 31.6 Å². The molecule has 1 N–H and O–H groups in total. The van der Waals surface area contributed by atoms with Crippen LogP contribution < -0.4 is 4.90 Å². The van der Waals surface area contributed by atoms with E-state index in [9.17, 15) is 4.79 Å². The van der Waals surface area contributed by atoms with Gasteiger partial charge in [-0.2, -0.15) is 5.10 Å². The van der Waals surface area contributed by atoms with E-state index in [1.54, 1.807) is 4.90 Å². The number of aryl methyl sites for hydroxylation is 2. The molecule has 2 aliphatic heterocycles. The van der Waals surface area contributed by atoms with E-state index in [0.717, 1.165) is 43.4 Å². The summed E-state index contributed by atoms with van der Waals surface area (Å²) in [6, 6.07) is 6.42. The molecule has 0 unspecified atom stereocenters. The summed E-state index contributed by atoms with van der Waals surface area (Å²) in [6.07, 6.45) is 1.34. The number of H-pyrrole nitrogens is 1. The molecular weight excluding hydrogens is 318 g/mol. The van der Waals surface area contributed by atoms with Crippen molar-refractivity contribution in [3.05, 3.63) is 41.0 Å². The Bertz CT molecular complexity index is 788. The van der Waals surface area contributed by atoms with Gasteiger partial charge in [-0.3, -0.25) is 14.8 Å². The molecule has 132 valence electrons. The van der Waals surface area contributed by atoms with Gasteiger partial charge in [0.15, 0.2) is 5.82 Å². The molecule has 1 aromatic heterocycles. The molecule has 3 heterocycles. The molecule has 1 atom stereocenters. The average Bonchev–Trinajstić information content (AvgIpc) is 3.05. The summed E-state index contributed by atoms with van der Waals surface area (Å²) in [6.45, 7) is 5.13. The van der Waals surface area contributed by atoms with E-state index in [4.69, 9.17) is 4.74 Å². The highest BCUT2D eigenvalue weighted by Crippen LogP contribution is 2.28. The summed E-state index contributed by atoms with van der Waals surface area (Å²) in [7, 11) is 1.85. The fourth-order valence-corrected chi connectivity index (χ4v) is 3.57. The number of ether oxygens (including phenoxy) is 1. The predicted octanol–water partition coefficient (Wildman–Crippen LogP) is 1.60. The first-order valence-electron chi connectivity index (χ1n) is 8.71. The summed E-state index contributed by atoms with van der Waals surface area (Å²) in [4.78, 5) is 20.4. The van der Waals surface area contributed by atoms with Gasteiger partial charge < -0.3 is 9.64 Å². The zero-order valence-corrected chi connectivity index (χ0v) is 14.7. The van der Waals surface area contributed by atoms with Gasteiger partial charge in [0.1, 0.15) is 11.9 Å². The molecule has 0 bridgehead atoms. The van der Waals surface area contributed by atoms with Crippen LogP contribution in [0.3, 0.4) is 0 Å². The van der Waals surface area contributed by atoms with Gasteiger partial charge in [0.2, 0.25) is 5.91 Å². The lowest BCUT2D eigenvalue weighted by atomic mass is 9.99. The van der Waals surface area contributed by atoms with Crippen LogP contribution in [0.2, 0.25) is 0 Å². The Morgan fingerprint density at radius 3 is 3.04 bits per heavy atom. The molecule has 1 amide bonds. The van der Waals surface area contributed by atoms with Gasteiger partial charge in [-0.25, -0.2) is 4.98 Å². The quantitative estimate of drug-likeness (QED) is 0.918. The topological polar surface area (TPSA) is 74.3 Å². The molecule has 2 aliphatic rings. The highest BCUT2D eigenvalue weighted by atomic mass is 16.5. The molecule has 7 nitrogen and oxygen atoms in total. The van der Waals surface area contributed by atoms with Gasteiger partial charge in [0.05, 0.1) is 6.61 Å². The van der Waals surface area contributed by atoms with E-state index in [2.05, 4.69) is 38.3 Å². The van der Waals surface area contributed by atoms with Crippen LogP contribution in [0.4, 0.5) is 5.69 Å². The van der Waals surface area contributed by atoms with E-state index in [-0.39, 0.29) is 12.0 Å². The number of carbonyl (C=O) groups excluding carboxylic acids is 1. The van der Waals surface area contributed by atoms with Gasteiger partial charge in [-0.1, -0.05) is 12.1 Å². The van der Waals surface area contributed by atoms with E-state index in [1.807, 2.05) is 14.0 Å². The first-order chi connectivity index (χ1) is 12.1. The average molecular weight is 341 g/mol. The van der Waals surface area contributed by atoms with Gasteiger partial charge >= 0.3 is 0 Å². The van der Waals surface area contributed by atoms with Crippen LogP contribution >= 0.6 is 0 Å². The number of nitrogens with one attached hydrogen (secondary N) is 1. The summed E-state index contributed by atoms with van der Waals surface area (Å²) < 4.78 is 5.83. The van der Waals surface area contributed by atoms with Crippen LogP contribution in [-0.4, -0.2) is 52.7 Å². The van der Waals surface area contributed by atoms with Crippen molar-refractivity contribution < 1.29 is 9.53 Å². The minimum Gasteiger partial charge on any atom is -0.367 e. The van der Waals surface area contributed by atoms with E-state index >= 15 is 0 Å². The Balaban J connectivity index is 1.46.